The number of nitrogens with one attached hydrogen (secondary N) is 4. The van der Waals surface area contributed by atoms with Gasteiger partial charge in [0, 0.05) is 168 Å². The summed E-state index contributed by atoms with van der Waals surface area (Å²) in [6, 6.07) is 21.4. The van der Waals surface area contributed by atoms with Crippen LogP contribution in [0.25, 0.3) is 0 Å². The quantitative estimate of drug-likeness (QED) is 0.0675. The molecule has 4 amide bonds. The van der Waals surface area contributed by atoms with E-state index in [0.717, 1.165) is 22.3 Å². The average molecular weight is 1310 g/mol. The van der Waals surface area contributed by atoms with Crippen molar-refractivity contribution in [2.24, 2.45) is 11.5 Å². The monoisotopic (exact) mass is 1310 g/mol. The van der Waals surface area contributed by atoms with Gasteiger partial charge in [-0.15, -0.1) is 0 Å². The van der Waals surface area contributed by atoms with Gasteiger partial charge >= 0.3 is 0 Å². The second-order valence-corrected chi connectivity index (χ2v) is 28.5. The Bertz CT molecular complexity index is 3430. The number of rotatable bonds is 18. The summed E-state index contributed by atoms with van der Waals surface area (Å²) in [5, 5.41) is 9.17. The number of ether oxygens (including phenoxy) is 2. The van der Waals surface area contributed by atoms with E-state index in [-0.39, 0.29) is 73.0 Å². The molecule has 24 heteroatoms. The fourth-order valence-electron chi connectivity index (χ4n) is 14.3. The maximum atomic E-state index is 14.7. The van der Waals surface area contributed by atoms with Crippen LogP contribution in [0.1, 0.15) is 86.3 Å². The minimum Gasteiger partial charge on any atom is -0.367 e. The van der Waals surface area contributed by atoms with Crippen LogP contribution in [-0.2, 0) is 65.2 Å². The molecule has 6 aliphatic rings. The number of primary amides is 2. The van der Waals surface area contributed by atoms with E-state index >= 15 is 0 Å². The molecule has 0 spiro atoms. The molecule has 4 saturated heterocycles. The Morgan fingerprint density at radius 3 is 1.31 bits per heavy atom. The SMILES string of the molecule is C[C@@H]1CN(CC(=O)N2CC(C)(C)c3[nH]c(=O)c(Cc4ccc(Cl)cc4Cl)cc32)[C@@H](CN2CCOC(C(N)=O)C2Cc2ccc(CC3C(C(N)=O)OCCN3C[C@H]3CN[C@H](C)CN3CC(=O)N3CC(C)(C)c4[nH]c(=O)c(Cc5ccc(Cl)cc5Cl)cc43)cc2)CN1. The molecule has 4 unspecified atom stereocenters. The third-order valence-corrected chi connectivity index (χ3v) is 20.3. The molecule has 4 fully saturated rings. The number of benzene rings is 3. The van der Waals surface area contributed by atoms with Gasteiger partial charge in [0.15, 0.2) is 12.2 Å². The molecule has 8 heterocycles. The van der Waals surface area contributed by atoms with Crippen LogP contribution < -0.4 is 43.0 Å². The number of pyridine rings is 2. The normalized spacial score (nSPS) is 25.5. The maximum absolute atomic E-state index is 14.7. The van der Waals surface area contributed by atoms with Crippen molar-refractivity contribution in [3.63, 3.8) is 0 Å². The number of hydrogen-bond acceptors (Lipinski definition) is 14. The summed E-state index contributed by atoms with van der Waals surface area (Å²) in [6.45, 7) is 18.6. The summed E-state index contributed by atoms with van der Waals surface area (Å²) in [5.74, 6) is -1.27. The first kappa shape index (κ1) is 65.8. The summed E-state index contributed by atoms with van der Waals surface area (Å²) in [6.07, 6.45) is -0.335. The van der Waals surface area contributed by atoms with E-state index in [1.807, 2.05) is 64.1 Å². The molecule has 3 aromatic carbocycles. The van der Waals surface area contributed by atoms with Crippen molar-refractivity contribution in [2.45, 2.75) is 127 Å². The molecule has 20 nitrogen and oxygen atoms in total. The number of carbonyl (C=O) groups excluding carboxylic acids is 4. The lowest BCUT2D eigenvalue weighted by molar-refractivity contribution is -0.143. The van der Waals surface area contributed by atoms with Gasteiger partial charge in [-0.05, 0) is 85.3 Å². The first-order chi connectivity index (χ1) is 42.8. The summed E-state index contributed by atoms with van der Waals surface area (Å²) < 4.78 is 12.3. The highest BCUT2D eigenvalue weighted by atomic mass is 35.5. The van der Waals surface area contributed by atoms with E-state index in [1.54, 1.807) is 46.2 Å². The minimum absolute atomic E-state index is 0.0838. The van der Waals surface area contributed by atoms with Crippen molar-refractivity contribution in [3.8, 4) is 0 Å². The molecule has 8 N–H and O–H groups in total. The highest BCUT2D eigenvalue weighted by Crippen LogP contribution is 2.41. The van der Waals surface area contributed by atoms with Gasteiger partial charge in [-0.1, -0.05) is 110 Å². The highest BCUT2D eigenvalue weighted by molar-refractivity contribution is 6.35. The number of hydrogen-bond donors (Lipinski definition) is 6. The fraction of sp³-hybridized carbons (Fsp3) is 0.515. The zero-order chi connectivity index (χ0) is 64.1. The van der Waals surface area contributed by atoms with E-state index in [4.69, 9.17) is 67.3 Å². The molecule has 11 rings (SSSR count). The van der Waals surface area contributed by atoms with Crippen molar-refractivity contribution in [2.75, 3.05) is 102 Å². The topological polar surface area (TPSA) is 248 Å². The average Bonchev–Trinajstić information content (AvgIpc) is 1.64. The predicted molar refractivity (Wildman–Crippen MR) is 352 cm³/mol. The highest BCUT2D eigenvalue weighted by Gasteiger charge is 2.45. The number of anilines is 2. The number of aromatic nitrogens is 2. The Morgan fingerprint density at radius 2 is 0.944 bits per heavy atom. The van der Waals surface area contributed by atoms with Gasteiger partial charge < -0.3 is 51.3 Å². The molecule has 0 radical (unpaired) electrons. The number of nitrogens with zero attached hydrogens (tertiary/aromatic N) is 6. The molecule has 8 atom stereocenters. The summed E-state index contributed by atoms with van der Waals surface area (Å²) in [4.78, 5) is 102. The third kappa shape index (κ3) is 14.4. The van der Waals surface area contributed by atoms with Gasteiger partial charge in [0.2, 0.25) is 23.6 Å². The third-order valence-electron chi connectivity index (χ3n) is 19.1. The Hall–Kier alpha value is -5.72. The van der Waals surface area contributed by atoms with Crippen molar-refractivity contribution < 1.29 is 28.7 Å². The molecule has 90 heavy (non-hydrogen) atoms. The number of fused-ring (bicyclic) bond motifs is 2. The lowest BCUT2D eigenvalue weighted by atomic mass is 9.91. The fourth-order valence-corrected chi connectivity index (χ4v) is 15.3. The second kappa shape index (κ2) is 27.1. The van der Waals surface area contributed by atoms with Crippen LogP contribution in [-0.4, -0.2) is 193 Å². The maximum Gasteiger partial charge on any atom is 0.251 e. The van der Waals surface area contributed by atoms with Crippen molar-refractivity contribution in [3.05, 3.63) is 158 Å². The number of piperazine rings is 2. The molecule has 2 aromatic heterocycles. The van der Waals surface area contributed by atoms with Crippen molar-refractivity contribution in [1.82, 2.24) is 40.2 Å². The zero-order valence-corrected chi connectivity index (χ0v) is 54.9. The van der Waals surface area contributed by atoms with Crippen LogP contribution in [0.4, 0.5) is 11.4 Å². The number of amides is 4. The van der Waals surface area contributed by atoms with Crippen LogP contribution in [0.3, 0.4) is 0 Å². The Kier molecular flexibility index (Phi) is 19.8. The number of aromatic amines is 2. The summed E-state index contributed by atoms with van der Waals surface area (Å²) in [5.41, 5.74) is 17.9. The number of morpholine rings is 2. The molecule has 0 saturated carbocycles. The van der Waals surface area contributed by atoms with Gasteiger partial charge in [0.1, 0.15) is 0 Å². The van der Waals surface area contributed by atoms with E-state index in [2.05, 4.69) is 54.0 Å². The van der Waals surface area contributed by atoms with E-state index in [0.29, 0.717) is 145 Å². The van der Waals surface area contributed by atoms with Crippen LogP contribution >= 0.6 is 46.4 Å². The van der Waals surface area contributed by atoms with Gasteiger partial charge in [0.25, 0.3) is 11.1 Å². The van der Waals surface area contributed by atoms with E-state index < -0.39 is 46.9 Å². The van der Waals surface area contributed by atoms with Crippen LogP contribution in [0.5, 0.6) is 0 Å². The van der Waals surface area contributed by atoms with Gasteiger partial charge in [-0.25, -0.2) is 0 Å². The van der Waals surface area contributed by atoms with E-state index in [1.165, 1.54) is 0 Å². The predicted octanol–water partition coefficient (Wildman–Crippen LogP) is 5.03. The van der Waals surface area contributed by atoms with Crippen LogP contribution in [0.2, 0.25) is 20.1 Å². The Morgan fingerprint density at radius 1 is 0.556 bits per heavy atom. The number of halogens is 4. The first-order valence-corrected chi connectivity index (χ1v) is 32.6. The Labute approximate surface area is 545 Å². The zero-order valence-electron chi connectivity index (χ0n) is 51.9. The van der Waals surface area contributed by atoms with Crippen LogP contribution in [0, 0.1) is 0 Å². The molecular weight excluding hydrogens is 1230 g/mol. The van der Waals surface area contributed by atoms with E-state index in [9.17, 15) is 28.8 Å². The molecular formula is C66H82Cl4N12O8. The summed E-state index contributed by atoms with van der Waals surface area (Å²) in [7, 11) is 0. The lowest BCUT2D eigenvalue weighted by Gasteiger charge is -2.46. The molecule has 5 aromatic rings. The molecule has 0 aliphatic carbocycles. The molecule has 6 aliphatic heterocycles. The Balaban J connectivity index is 0.764. The van der Waals surface area contributed by atoms with Gasteiger partial charge in [-0.2, -0.15) is 0 Å². The molecule has 482 valence electrons. The van der Waals surface area contributed by atoms with Crippen LogP contribution in [0.15, 0.2) is 82.4 Å². The van der Waals surface area contributed by atoms with Crippen molar-refractivity contribution >= 4 is 81.4 Å². The number of H-pyrrole nitrogens is 2. The smallest absolute Gasteiger partial charge is 0.251 e. The van der Waals surface area contributed by atoms with Gasteiger partial charge in [0.05, 0.1) is 37.7 Å². The number of nitrogens with two attached hydrogens (primary N) is 2. The van der Waals surface area contributed by atoms with Gasteiger partial charge in [-0.3, -0.25) is 48.4 Å². The lowest BCUT2D eigenvalue weighted by Crippen LogP contribution is -2.64. The van der Waals surface area contributed by atoms with Crippen molar-refractivity contribution in [1.29, 1.82) is 0 Å². The minimum atomic E-state index is -0.884. The standard InChI is InChI=1S/C66H82Cl4N12O8/c1-37-29-79(33-55(83)81-35-65(3,4)59-53(81)23-43(63(87)75-59)21-41-11-13-45(67)25-49(41)69)47(27-73-37)31-77-15-17-89-57(61(71)85)51(77)19-39-7-9-40(10-8-39)20-52-58(62(72)86)90-18-16-78(52)32-48-28-74-38(2)30-80(48)34-56(84)82-36-66(5,6)60-54(82)24-44(64(88)76-60)22-42-12-14-46(68)26-50(42)70/h7-14,23-26,37-38,47-48,51-52,57-58,73-74H,15-22,27-36H2,1-6H3,(H2,71,85)(H2,72,86)(H,75,87)(H,76,88)/t37-,38-,47-,48-,51?,52?,57?,58?/m1/s1. The molecule has 0 bridgehead atoms. The largest absolute Gasteiger partial charge is 0.367 e. The number of carbonyl (C=O) groups is 4. The summed E-state index contributed by atoms with van der Waals surface area (Å²) >= 11 is 25.4. The first-order valence-electron chi connectivity index (χ1n) is 31.1. The second-order valence-electron chi connectivity index (χ2n) is 26.8.